The molecular formula is C22H15BrClN3O3. The molecule has 0 fully saturated rings. The number of carbonyl (C=O) groups is 1. The third-order valence-corrected chi connectivity index (χ3v) is 5.26. The SMILES string of the molecule is O=C(Cn1c(=O)n(-c2ccccc2)c(=O)c2cc(Br)ccc21)Nc1cccc(Cl)c1. The van der Waals surface area contributed by atoms with E-state index in [4.69, 9.17) is 11.6 Å². The van der Waals surface area contributed by atoms with Gasteiger partial charge in [0, 0.05) is 15.2 Å². The number of fused-ring (bicyclic) bond motifs is 1. The summed E-state index contributed by atoms with van der Waals surface area (Å²) in [6.07, 6.45) is 0. The Morgan fingerprint density at radius 3 is 2.47 bits per heavy atom. The van der Waals surface area contributed by atoms with E-state index in [1.54, 1.807) is 72.8 Å². The van der Waals surface area contributed by atoms with E-state index in [0.717, 1.165) is 4.57 Å². The van der Waals surface area contributed by atoms with Crippen LogP contribution in [0.1, 0.15) is 0 Å². The first-order valence-corrected chi connectivity index (χ1v) is 10.2. The fourth-order valence-corrected chi connectivity index (χ4v) is 3.77. The number of carbonyl (C=O) groups excluding carboxylic acids is 1. The molecule has 150 valence electrons. The van der Waals surface area contributed by atoms with Gasteiger partial charge in [-0.25, -0.2) is 9.36 Å². The lowest BCUT2D eigenvalue weighted by atomic mass is 10.2. The molecular weight excluding hydrogens is 470 g/mol. The van der Waals surface area contributed by atoms with Gasteiger partial charge in [0.1, 0.15) is 6.54 Å². The van der Waals surface area contributed by atoms with Crippen molar-refractivity contribution in [3.05, 3.63) is 103 Å². The zero-order chi connectivity index (χ0) is 21.3. The van der Waals surface area contributed by atoms with E-state index in [-0.39, 0.29) is 6.54 Å². The van der Waals surface area contributed by atoms with Gasteiger partial charge in [0.2, 0.25) is 5.91 Å². The molecule has 4 rings (SSSR count). The Morgan fingerprint density at radius 2 is 1.73 bits per heavy atom. The Hall–Kier alpha value is -3.16. The van der Waals surface area contributed by atoms with Gasteiger partial charge in [-0.15, -0.1) is 0 Å². The van der Waals surface area contributed by atoms with Crippen molar-refractivity contribution in [2.24, 2.45) is 0 Å². The van der Waals surface area contributed by atoms with Crippen LogP contribution < -0.4 is 16.6 Å². The lowest BCUT2D eigenvalue weighted by Crippen LogP contribution is -2.40. The summed E-state index contributed by atoms with van der Waals surface area (Å²) in [5.74, 6) is -0.415. The monoisotopic (exact) mass is 483 g/mol. The molecule has 1 N–H and O–H groups in total. The summed E-state index contributed by atoms with van der Waals surface area (Å²) in [4.78, 5) is 39.0. The van der Waals surface area contributed by atoms with Crippen molar-refractivity contribution >= 4 is 50.0 Å². The highest BCUT2D eigenvalue weighted by atomic mass is 79.9. The smallest absolute Gasteiger partial charge is 0.324 e. The van der Waals surface area contributed by atoms with Gasteiger partial charge in [-0.1, -0.05) is 51.8 Å². The molecule has 1 aromatic heterocycles. The normalized spacial score (nSPS) is 10.9. The second-order valence-electron chi connectivity index (χ2n) is 6.56. The van der Waals surface area contributed by atoms with Crippen molar-refractivity contribution in [3.63, 3.8) is 0 Å². The van der Waals surface area contributed by atoms with Crippen molar-refractivity contribution in [2.45, 2.75) is 6.54 Å². The number of nitrogens with one attached hydrogen (secondary N) is 1. The molecule has 0 unspecified atom stereocenters. The van der Waals surface area contributed by atoms with Gasteiger partial charge in [0.25, 0.3) is 5.56 Å². The van der Waals surface area contributed by atoms with Crippen molar-refractivity contribution in [1.82, 2.24) is 9.13 Å². The number of nitrogens with zero attached hydrogens (tertiary/aromatic N) is 2. The second kappa shape index (κ2) is 8.30. The Labute approximate surface area is 184 Å². The Bertz CT molecular complexity index is 1380. The number of para-hydroxylation sites is 1. The quantitative estimate of drug-likeness (QED) is 0.472. The van der Waals surface area contributed by atoms with E-state index < -0.39 is 17.2 Å². The van der Waals surface area contributed by atoms with E-state index in [0.29, 0.717) is 31.8 Å². The van der Waals surface area contributed by atoms with Crippen LogP contribution in [0.15, 0.2) is 86.9 Å². The molecule has 4 aromatic rings. The molecule has 0 atom stereocenters. The molecule has 0 saturated carbocycles. The van der Waals surface area contributed by atoms with Crippen LogP contribution in [0, 0.1) is 0 Å². The molecule has 1 heterocycles. The number of amides is 1. The molecule has 8 heteroatoms. The van der Waals surface area contributed by atoms with Gasteiger partial charge in [-0.3, -0.25) is 14.2 Å². The molecule has 1 amide bonds. The number of hydrogen-bond donors (Lipinski definition) is 1. The maximum absolute atomic E-state index is 13.2. The largest absolute Gasteiger partial charge is 0.336 e. The van der Waals surface area contributed by atoms with Crippen molar-refractivity contribution in [3.8, 4) is 5.69 Å². The average molecular weight is 485 g/mol. The van der Waals surface area contributed by atoms with Crippen LogP contribution in [0.2, 0.25) is 5.02 Å². The number of rotatable bonds is 4. The summed E-state index contributed by atoms with van der Waals surface area (Å²) < 4.78 is 3.05. The van der Waals surface area contributed by atoms with Gasteiger partial charge in [0.05, 0.1) is 16.6 Å². The van der Waals surface area contributed by atoms with Crippen LogP contribution in [-0.2, 0) is 11.3 Å². The van der Waals surface area contributed by atoms with Gasteiger partial charge in [0.15, 0.2) is 0 Å². The molecule has 0 radical (unpaired) electrons. The maximum atomic E-state index is 13.2. The number of aromatic nitrogens is 2. The average Bonchev–Trinajstić information content (AvgIpc) is 2.72. The fraction of sp³-hybridized carbons (Fsp3) is 0.0455. The summed E-state index contributed by atoms with van der Waals surface area (Å²) in [5.41, 5.74) is 0.278. The van der Waals surface area contributed by atoms with E-state index >= 15 is 0 Å². The second-order valence-corrected chi connectivity index (χ2v) is 7.92. The highest BCUT2D eigenvalue weighted by molar-refractivity contribution is 9.10. The Balaban J connectivity index is 1.85. The molecule has 3 aromatic carbocycles. The van der Waals surface area contributed by atoms with Crippen molar-refractivity contribution in [1.29, 1.82) is 0 Å². The predicted molar refractivity (Wildman–Crippen MR) is 122 cm³/mol. The minimum absolute atomic E-state index is 0.267. The van der Waals surface area contributed by atoms with Gasteiger partial charge in [-0.2, -0.15) is 0 Å². The topological polar surface area (TPSA) is 73.1 Å². The lowest BCUT2D eigenvalue weighted by molar-refractivity contribution is -0.116. The van der Waals surface area contributed by atoms with E-state index in [2.05, 4.69) is 21.2 Å². The lowest BCUT2D eigenvalue weighted by Gasteiger charge is -2.14. The highest BCUT2D eigenvalue weighted by Gasteiger charge is 2.17. The molecule has 0 bridgehead atoms. The Morgan fingerprint density at radius 1 is 0.967 bits per heavy atom. The van der Waals surface area contributed by atoms with Crippen molar-refractivity contribution in [2.75, 3.05) is 5.32 Å². The van der Waals surface area contributed by atoms with Gasteiger partial charge < -0.3 is 5.32 Å². The third kappa shape index (κ3) is 3.94. The van der Waals surface area contributed by atoms with Crippen LogP contribution in [0.3, 0.4) is 0 Å². The number of halogens is 2. The summed E-state index contributed by atoms with van der Waals surface area (Å²) >= 11 is 9.33. The van der Waals surface area contributed by atoms with Crippen LogP contribution in [0.5, 0.6) is 0 Å². The molecule has 0 aliphatic carbocycles. The number of benzene rings is 3. The summed E-state index contributed by atoms with van der Waals surface area (Å²) in [7, 11) is 0. The summed E-state index contributed by atoms with van der Waals surface area (Å²) in [6, 6.07) is 20.3. The fourth-order valence-electron chi connectivity index (χ4n) is 3.21. The van der Waals surface area contributed by atoms with Crippen LogP contribution in [0.25, 0.3) is 16.6 Å². The van der Waals surface area contributed by atoms with Crippen molar-refractivity contribution < 1.29 is 4.79 Å². The van der Waals surface area contributed by atoms with E-state index in [1.165, 1.54) is 4.57 Å². The number of hydrogen-bond acceptors (Lipinski definition) is 3. The van der Waals surface area contributed by atoms with Crippen LogP contribution in [0.4, 0.5) is 5.69 Å². The maximum Gasteiger partial charge on any atom is 0.336 e. The molecule has 0 saturated heterocycles. The van der Waals surface area contributed by atoms with Crippen LogP contribution in [-0.4, -0.2) is 15.0 Å². The summed E-state index contributed by atoms with van der Waals surface area (Å²) in [6.45, 7) is -0.267. The molecule has 0 spiro atoms. The molecule has 6 nitrogen and oxygen atoms in total. The predicted octanol–water partition coefficient (Wildman–Crippen LogP) is 4.21. The standard InChI is InChI=1S/C22H15BrClN3O3/c23-14-9-10-19-18(11-14)21(29)27(17-7-2-1-3-8-17)22(30)26(19)13-20(28)25-16-6-4-5-15(24)12-16/h1-12H,13H2,(H,25,28). The molecule has 0 aliphatic heterocycles. The first-order valence-electron chi connectivity index (χ1n) is 9.00. The molecule has 30 heavy (non-hydrogen) atoms. The minimum atomic E-state index is -0.595. The summed E-state index contributed by atoms with van der Waals surface area (Å²) in [5, 5.41) is 3.54. The molecule has 0 aliphatic rings. The van der Waals surface area contributed by atoms with Gasteiger partial charge in [-0.05, 0) is 48.5 Å². The zero-order valence-corrected chi connectivity index (χ0v) is 17.9. The third-order valence-electron chi connectivity index (χ3n) is 4.53. The number of anilines is 1. The van der Waals surface area contributed by atoms with Gasteiger partial charge >= 0.3 is 5.69 Å². The first kappa shape index (κ1) is 20.1. The highest BCUT2D eigenvalue weighted by Crippen LogP contribution is 2.18. The van der Waals surface area contributed by atoms with Crippen LogP contribution >= 0.6 is 27.5 Å². The van der Waals surface area contributed by atoms with E-state index in [9.17, 15) is 14.4 Å². The zero-order valence-electron chi connectivity index (χ0n) is 15.5. The minimum Gasteiger partial charge on any atom is -0.324 e. The Kier molecular flexibility index (Phi) is 5.57. The first-order chi connectivity index (χ1) is 14.4. The van der Waals surface area contributed by atoms with E-state index in [1.807, 2.05) is 0 Å².